The van der Waals surface area contributed by atoms with Crippen LogP contribution in [-0.4, -0.2) is 13.1 Å². The summed E-state index contributed by atoms with van der Waals surface area (Å²) >= 11 is 0. The van der Waals surface area contributed by atoms with E-state index in [2.05, 4.69) is 36.5 Å². The summed E-state index contributed by atoms with van der Waals surface area (Å²) in [5.41, 5.74) is 3.15. The van der Waals surface area contributed by atoms with Crippen LogP contribution in [0.4, 0.5) is 0 Å². The zero-order valence-electron chi connectivity index (χ0n) is 12.2. The van der Waals surface area contributed by atoms with E-state index < -0.39 is 0 Å². The Kier molecular flexibility index (Phi) is 4.22. The van der Waals surface area contributed by atoms with Gasteiger partial charge >= 0.3 is 0 Å². The monoisotopic (exact) mass is 257 g/mol. The van der Waals surface area contributed by atoms with E-state index in [0.29, 0.717) is 0 Å². The predicted molar refractivity (Wildman–Crippen MR) is 81.5 cm³/mol. The predicted octanol–water partition coefficient (Wildman–Crippen LogP) is 4.13. The normalized spacial score (nSPS) is 29.6. The largest absolute Gasteiger partial charge is 0.316 e. The van der Waals surface area contributed by atoms with E-state index in [1.54, 1.807) is 11.1 Å². The van der Waals surface area contributed by atoms with Gasteiger partial charge in [-0.3, -0.25) is 0 Å². The van der Waals surface area contributed by atoms with E-state index in [0.717, 1.165) is 17.8 Å². The highest BCUT2D eigenvalue weighted by atomic mass is 14.9. The third-order valence-electron chi connectivity index (χ3n) is 5.22. The molecule has 1 heteroatoms. The Balaban J connectivity index is 1.32. The summed E-state index contributed by atoms with van der Waals surface area (Å²) in [5.74, 6) is 2.76. The average molecular weight is 257 g/mol. The molecule has 0 amide bonds. The van der Waals surface area contributed by atoms with Gasteiger partial charge in [0.2, 0.25) is 0 Å². The van der Waals surface area contributed by atoms with Gasteiger partial charge < -0.3 is 5.32 Å². The molecule has 104 valence electrons. The highest BCUT2D eigenvalue weighted by molar-refractivity contribution is 5.40. The Morgan fingerprint density at radius 2 is 1.89 bits per heavy atom. The summed E-state index contributed by atoms with van der Waals surface area (Å²) < 4.78 is 0. The second-order valence-corrected chi connectivity index (χ2v) is 6.72. The standard InChI is InChI=1S/C18H27N/c1-14-6-8-15(9-7-14)10-11-19-13-17-12-16-4-2-3-5-18(16)17/h2-5,14-15,17,19H,6-13H2,1H3. The number of fused-ring (bicyclic) bond motifs is 1. The first kappa shape index (κ1) is 13.2. The summed E-state index contributed by atoms with van der Waals surface area (Å²) in [4.78, 5) is 0. The molecule has 0 aromatic heterocycles. The highest BCUT2D eigenvalue weighted by Crippen LogP contribution is 2.34. The quantitative estimate of drug-likeness (QED) is 0.782. The van der Waals surface area contributed by atoms with Gasteiger partial charge in [-0.1, -0.05) is 56.9 Å². The van der Waals surface area contributed by atoms with Gasteiger partial charge in [-0.25, -0.2) is 0 Å². The molecule has 0 heterocycles. The highest BCUT2D eigenvalue weighted by Gasteiger charge is 2.24. The van der Waals surface area contributed by atoms with Gasteiger partial charge in [-0.05, 0) is 42.3 Å². The molecule has 0 radical (unpaired) electrons. The van der Waals surface area contributed by atoms with Crippen molar-refractivity contribution >= 4 is 0 Å². The number of nitrogens with one attached hydrogen (secondary N) is 1. The molecule has 0 aliphatic heterocycles. The van der Waals surface area contributed by atoms with Gasteiger partial charge in [0.25, 0.3) is 0 Å². The second-order valence-electron chi connectivity index (χ2n) is 6.72. The van der Waals surface area contributed by atoms with Crippen LogP contribution in [0.15, 0.2) is 24.3 Å². The molecule has 0 spiro atoms. The molecule has 1 aromatic carbocycles. The van der Waals surface area contributed by atoms with Crippen LogP contribution in [0.5, 0.6) is 0 Å². The van der Waals surface area contributed by atoms with Crippen molar-refractivity contribution in [2.24, 2.45) is 11.8 Å². The Bertz CT molecular complexity index is 404. The Morgan fingerprint density at radius 1 is 1.11 bits per heavy atom. The third-order valence-corrected chi connectivity index (χ3v) is 5.22. The minimum absolute atomic E-state index is 0.780. The Morgan fingerprint density at radius 3 is 2.68 bits per heavy atom. The molecule has 1 nitrogen and oxygen atoms in total. The van der Waals surface area contributed by atoms with Gasteiger partial charge in [0.15, 0.2) is 0 Å². The average Bonchev–Trinajstić information content (AvgIpc) is 2.41. The van der Waals surface area contributed by atoms with Crippen molar-refractivity contribution in [1.82, 2.24) is 5.32 Å². The molecule has 0 bridgehead atoms. The van der Waals surface area contributed by atoms with Crippen LogP contribution in [0.25, 0.3) is 0 Å². The fraction of sp³-hybridized carbons (Fsp3) is 0.667. The van der Waals surface area contributed by atoms with E-state index in [-0.39, 0.29) is 0 Å². The maximum Gasteiger partial charge on any atom is 0.00234 e. The summed E-state index contributed by atoms with van der Waals surface area (Å²) in [6, 6.07) is 8.91. The number of rotatable bonds is 5. The molecular weight excluding hydrogens is 230 g/mol. The van der Waals surface area contributed by atoms with Crippen molar-refractivity contribution < 1.29 is 0 Å². The minimum Gasteiger partial charge on any atom is -0.316 e. The van der Waals surface area contributed by atoms with Crippen LogP contribution in [-0.2, 0) is 6.42 Å². The van der Waals surface area contributed by atoms with Crippen molar-refractivity contribution in [2.75, 3.05) is 13.1 Å². The minimum atomic E-state index is 0.780. The molecule has 1 N–H and O–H groups in total. The van der Waals surface area contributed by atoms with Gasteiger partial charge in [-0.15, -0.1) is 0 Å². The number of hydrogen-bond acceptors (Lipinski definition) is 1. The fourth-order valence-corrected chi connectivity index (χ4v) is 3.75. The smallest absolute Gasteiger partial charge is 0.00234 e. The van der Waals surface area contributed by atoms with E-state index in [1.165, 1.54) is 51.6 Å². The van der Waals surface area contributed by atoms with Crippen LogP contribution >= 0.6 is 0 Å². The van der Waals surface area contributed by atoms with Crippen molar-refractivity contribution in [3.05, 3.63) is 35.4 Å². The van der Waals surface area contributed by atoms with Crippen molar-refractivity contribution in [3.8, 4) is 0 Å². The van der Waals surface area contributed by atoms with Gasteiger partial charge in [0, 0.05) is 12.5 Å². The molecule has 1 saturated carbocycles. The zero-order chi connectivity index (χ0) is 13.1. The molecule has 0 saturated heterocycles. The molecule has 2 aliphatic rings. The third kappa shape index (κ3) is 3.20. The first-order valence-electron chi connectivity index (χ1n) is 8.11. The number of hydrogen-bond donors (Lipinski definition) is 1. The summed E-state index contributed by atoms with van der Waals surface area (Å²) in [6.45, 7) is 4.81. The number of benzene rings is 1. The van der Waals surface area contributed by atoms with E-state index in [4.69, 9.17) is 0 Å². The molecule has 3 rings (SSSR count). The van der Waals surface area contributed by atoms with Crippen LogP contribution in [0.3, 0.4) is 0 Å². The van der Waals surface area contributed by atoms with Gasteiger partial charge in [0.1, 0.15) is 0 Å². The molecular formula is C18H27N. The van der Waals surface area contributed by atoms with Crippen LogP contribution in [0, 0.1) is 11.8 Å². The van der Waals surface area contributed by atoms with E-state index in [9.17, 15) is 0 Å². The second kappa shape index (κ2) is 6.09. The summed E-state index contributed by atoms with van der Waals surface area (Å²) in [6.07, 6.45) is 8.52. The Labute approximate surface area is 117 Å². The lowest BCUT2D eigenvalue weighted by molar-refractivity contribution is 0.274. The topological polar surface area (TPSA) is 12.0 Å². The summed E-state index contributed by atoms with van der Waals surface area (Å²) in [5, 5.41) is 3.69. The first-order chi connectivity index (χ1) is 9.33. The van der Waals surface area contributed by atoms with E-state index in [1.807, 2.05) is 0 Å². The lowest BCUT2D eigenvalue weighted by atomic mass is 9.77. The van der Waals surface area contributed by atoms with Crippen molar-refractivity contribution in [2.45, 2.75) is 51.4 Å². The fourth-order valence-electron chi connectivity index (χ4n) is 3.75. The molecule has 2 aliphatic carbocycles. The van der Waals surface area contributed by atoms with Crippen molar-refractivity contribution in [3.63, 3.8) is 0 Å². The molecule has 1 unspecified atom stereocenters. The molecule has 1 fully saturated rings. The zero-order valence-corrected chi connectivity index (χ0v) is 12.2. The van der Waals surface area contributed by atoms with Crippen LogP contribution in [0.1, 0.15) is 56.1 Å². The SMILES string of the molecule is CC1CCC(CCNCC2Cc3ccccc32)CC1. The van der Waals surface area contributed by atoms with Crippen molar-refractivity contribution in [1.29, 1.82) is 0 Å². The molecule has 1 aromatic rings. The van der Waals surface area contributed by atoms with Gasteiger partial charge in [-0.2, -0.15) is 0 Å². The van der Waals surface area contributed by atoms with Crippen LogP contribution < -0.4 is 5.32 Å². The van der Waals surface area contributed by atoms with Gasteiger partial charge in [0.05, 0.1) is 0 Å². The van der Waals surface area contributed by atoms with Crippen LogP contribution in [0.2, 0.25) is 0 Å². The lowest BCUT2D eigenvalue weighted by Crippen LogP contribution is -2.30. The molecule has 1 atom stereocenters. The molecule has 19 heavy (non-hydrogen) atoms. The van der Waals surface area contributed by atoms with E-state index >= 15 is 0 Å². The first-order valence-corrected chi connectivity index (χ1v) is 8.11. The Hall–Kier alpha value is -0.820. The lowest BCUT2D eigenvalue weighted by Gasteiger charge is -2.31. The summed E-state index contributed by atoms with van der Waals surface area (Å²) in [7, 11) is 0. The maximum absolute atomic E-state index is 3.69. The maximum atomic E-state index is 3.69.